The van der Waals surface area contributed by atoms with Gasteiger partial charge in [-0.25, -0.2) is 8.42 Å². The fourth-order valence-electron chi connectivity index (χ4n) is 2.92. The second-order valence-corrected chi connectivity index (χ2v) is 9.85. The SMILES string of the molecule is CCn1c(S[C@@H](C)C(=O)N[C@H]2CCS(=O)(=O)C2)nnc1-c1ccoc1C. The first-order valence-corrected chi connectivity index (χ1v) is 11.2. The second-order valence-electron chi connectivity index (χ2n) is 6.31. The highest BCUT2D eigenvalue weighted by Crippen LogP contribution is 2.29. The lowest BCUT2D eigenvalue weighted by atomic mass is 10.2. The number of sulfone groups is 1. The molecule has 10 heteroatoms. The van der Waals surface area contributed by atoms with Crippen LogP contribution in [0.25, 0.3) is 11.4 Å². The average molecular weight is 399 g/mol. The van der Waals surface area contributed by atoms with E-state index in [4.69, 9.17) is 4.42 Å². The van der Waals surface area contributed by atoms with Crippen molar-refractivity contribution in [2.24, 2.45) is 0 Å². The zero-order valence-electron chi connectivity index (χ0n) is 14.9. The van der Waals surface area contributed by atoms with Crippen molar-refractivity contribution in [2.75, 3.05) is 11.5 Å². The third-order valence-corrected chi connectivity index (χ3v) is 7.21. The van der Waals surface area contributed by atoms with Gasteiger partial charge < -0.3 is 14.3 Å². The van der Waals surface area contributed by atoms with Gasteiger partial charge >= 0.3 is 0 Å². The van der Waals surface area contributed by atoms with E-state index < -0.39 is 15.1 Å². The zero-order chi connectivity index (χ0) is 18.9. The molecule has 1 aliphatic rings. The van der Waals surface area contributed by atoms with E-state index in [2.05, 4.69) is 15.5 Å². The van der Waals surface area contributed by atoms with E-state index in [1.54, 1.807) is 13.2 Å². The monoisotopic (exact) mass is 398 g/mol. The molecule has 8 nitrogen and oxygen atoms in total. The van der Waals surface area contributed by atoms with Crippen LogP contribution in [0.1, 0.15) is 26.0 Å². The number of hydrogen-bond acceptors (Lipinski definition) is 7. The number of aromatic nitrogens is 3. The standard InChI is InChI=1S/C16H22N4O4S2/c1-4-20-14(13-5-7-24-10(13)2)18-19-16(20)25-11(3)15(21)17-12-6-8-26(22,23)9-12/h5,7,11-12H,4,6,8-9H2,1-3H3,(H,17,21)/t11-,12-/m0/s1. The molecule has 0 aromatic carbocycles. The lowest BCUT2D eigenvalue weighted by Crippen LogP contribution is -2.40. The molecule has 1 aliphatic heterocycles. The summed E-state index contributed by atoms with van der Waals surface area (Å²) in [4.78, 5) is 12.4. The van der Waals surface area contributed by atoms with Crippen LogP contribution in [-0.4, -0.2) is 51.9 Å². The van der Waals surface area contributed by atoms with Crippen LogP contribution in [0.4, 0.5) is 0 Å². The van der Waals surface area contributed by atoms with Crippen LogP contribution in [0.3, 0.4) is 0 Å². The highest BCUT2D eigenvalue weighted by atomic mass is 32.2. The molecule has 0 saturated carbocycles. The van der Waals surface area contributed by atoms with E-state index >= 15 is 0 Å². The summed E-state index contributed by atoms with van der Waals surface area (Å²) in [5, 5.41) is 11.5. The summed E-state index contributed by atoms with van der Waals surface area (Å²) < 4.78 is 30.3. The van der Waals surface area contributed by atoms with Crippen molar-refractivity contribution in [3.8, 4) is 11.4 Å². The number of rotatable bonds is 6. The van der Waals surface area contributed by atoms with Gasteiger partial charge in [0.15, 0.2) is 20.8 Å². The maximum absolute atomic E-state index is 12.4. The molecule has 142 valence electrons. The number of carbonyl (C=O) groups excluding carboxylic acids is 1. The molecule has 0 bridgehead atoms. The Labute approximate surface area is 156 Å². The van der Waals surface area contributed by atoms with Gasteiger partial charge in [-0.2, -0.15) is 0 Å². The predicted molar refractivity (Wildman–Crippen MR) is 98.7 cm³/mol. The van der Waals surface area contributed by atoms with Crippen molar-refractivity contribution >= 4 is 27.5 Å². The molecular weight excluding hydrogens is 376 g/mol. The first-order valence-electron chi connectivity index (χ1n) is 8.46. The van der Waals surface area contributed by atoms with E-state index in [1.807, 2.05) is 24.5 Å². The molecule has 2 atom stereocenters. The Hall–Kier alpha value is -1.81. The third kappa shape index (κ3) is 3.96. The van der Waals surface area contributed by atoms with E-state index in [0.29, 0.717) is 23.9 Å². The normalized spacial score (nSPS) is 20.2. The molecule has 0 radical (unpaired) electrons. The first-order chi connectivity index (χ1) is 12.3. The van der Waals surface area contributed by atoms with Gasteiger partial charge in [0.05, 0.1) is 28.6 Å². The van der Waals surface area contributed by atoms with Gasteiger partial charge in [0.2, 0.25) is 5.91 Å². The molecule has 2 aromatic rings. The minimum Gasteiger partial charge on any atom is -0.469 e. The Kier molecular flexibility index (Phi) is 5.42. The summed E-state index contributed by atoms with van der Waals surface area (Å²) in [6.45, 7) is 6.29. The highest BCUT2D eigenvalue weighted by molar-refractivity contribution is 8.00. The number of aryl methyl sites for hydroxylation is 1. The smallest absolute Gasteiger partial charge is 0.233 e. The minimum absolute atomic E-state index is 0.0190. The predicted octanol–water partition coefficient (Wildman–Crippen LogP) is 1.65. The van der Waals surface area contributed by atoms with Crippen molar-refractivity contribution in [1.29, 1.82) is 0 Å². The second kappa shape index (κ2) is 7.43. The van der Waals surface area contributed by atoms with Gasteiger partial charge in [-0.1, -0.05) is 11.8 Å². The molecule has 3 rings (SSSR count). The lowest BCUT2D eigenvalue weighted by molar-refractivity contribution is -0.120. The van der Waals surface area contributed by atoms with Crippen LogP contribution in [0.15, 0.2) is 21.9 Å². The molecule has 1 N–H and O–H groups in total. The van der Waals surface area contributed by atoms with Gasteiger partial charge in [-0.3, -0.25) is 4.79 Å². The van der Waals surface area contributed by atoms with Crippen molar-refractivity contribution in [3.63, 3.8) is 0 Å². The fraction of sp³-hybridized carbons (Fsp3) is 0.562. The molecular formula is C16H22N4O4S2. The number of amides is 1. The van der Waals surface area contributed by atoms with Crippen molar-refractivity contribution in [3.05, 3.63) is 18.1 Å². The molecule has 1 saturated heterocycles. The van der Waals surface area contributed by atoms with Crippen LogP contribution in [0, 0.1) is 6.92 Å². The maximum atomic E-state index is 12.4. The van der Waals surface area contributed by atoms with Gasteiger partial charge in [0, 0.05) is 12.6 Å². The van der Waals surface area contributed by atoms with Gasteiger partial charge in [0.1, 0.15) is 5.76 Å². The maximum Gasteiger partial charge on any atom is 0.233 e. The molecule has 3 heterocycles. The topological polar surface area (TPSA) is 107 Å². The average Bonchev–Trinajstić information content (AvgIpc) is 3.26. The molecule has 1 amide bonds. The summed E-state index contributed by atoms with van der Waals surface area (Å²) in [5.41, 5.74) is 0.875. The highest BCUT2D eigenvalue weighted by Gasteiger charge is 2.30. The first kappa shape index (κ1) is 19.0. The van der Waals surface area contributed by atoms with Crippen LogP contribution in [-0.2, 0) is 21.2 Å². The van der Waals surface area contributed by atoms with Crippen LogP contribution < -0.4 is 5.32 Å². The number of furan rings is 1. The van der Waals surface area contributed by atoms with E-state index in [9.17, 15) is 13.2 Å². The Balaban J connectivity index is 1.69. The van der Waals surface area contributed by atoms with Crippen LogP contribution >= 0.6 is 11.8 Å². The zero-order valence-corrected chi connectivity index (χ0v) is 16.6. The largest absolute Gasteiger partial charge is 0.469 e. The summed E-state index contributed by atoms with van der Waals surface area (Å²) in [7, 11) is -3.02. The summed E-state index contributed by atoms with van der Waals surface area (Å²) in [6.07, 6.45) is 2.08. The minimum atomic E-state index is -3.02. The number of carbonyl (C=O) groups is 1. The van der Waals surface area contributed by atoms with Crippen LogP contribution in [0.5, 0.6) is 0 Å². The van der Waals surface area contributed by atoms with Crippen LogP contribution in [0.2, 0.25) is 0 Å². The third-order valence-electron chi connectivity index (χ3n) is 4.36. The number of nitrogens with one attached hydrogen (secondary N) is 1. The molecule has 26 heavy (non-hydrogen) atoms. The molecule has 2 aromatic heterocycles. The molecule has 1 fully saturated rings. The molecule has 0 unspecified atom stereocenters. The lowest BCUT2D eigenvalue weighted by Gasteiger charge is -2.15. The van der Waals surface area contributed by atoms with Gasteiger partial charge in [-0.05, 0) is 33.3 Å². The Morgan fingerprint density at radius 1 is 1.50 bits per heavy atom. The number of nitrogens with zero attached hydrogens (tertiary/aromatic N) is 3. The number of thioether (sulfide) groups is 1. The molecule has 0 aliphatic carbocycles. The Morgan fingerprint density at radius 3 is 2.85 bits per heavy atom. The van der Waals surface area contributed by atoms with E-state index in [-0.39, 0.29) is 23.5 Å². The van der Waals surface area contributed by atoms with Crippen molar-refractivity contribution in [1.82, 2.24) is 20.1 Å². The Bertz CT molecular complexity index is 903. The van der Waals surface area contributed by atoms with Crippen molar-refractivity contribution in [2.45, 2.75) is 50.2 Å². The quantitative estimate of drug-likeness (QED) is 0.737. The number of hydrogen-bond donors (Lipinski definition) is 1. The van der Waals surface area contributed by atoms with Gasteiger partial charge in [0.25, 0.3) is 0 Å². The Morgan fingerprint density at radius 2 is 2.27 bits per heavy atom. The fourth-order valence-corrected chi connectivity index (χ4v) is 5.51. The van der Waals surface area contributed by atoms with E-state index in [1.165, 1.54) is 11.8 Å². The summed E-state index contributed by atoms with van der Waals surface area (Å²) in [5.74, 6) is 1.43. The summed E-state index contributed by atoms with van der Waals surface area (Å²) in [6, 6.07) is 1.54. The van der Waals surface area contributed by atoms with Crippen molar-refractivity contribution < 1.29 is 17.6 Å². The molecule has 0 spiro atoms. The van der Waals surface area contributed by atoms with Gasteiger partial charge in [-0.15, -0.1) is 10.2 Å². The van der Waals surface area contributed by atoms with E-state index in [0.717, 1.165) is 11.3 Å². The summed E-state index contributed by atoms with van der Waals surface area (Å²) >= 11 is 1.31.